The lowest BCUT2D eigenvalue weighted by Gasteiger charge is -2.19. The van der Waals surface area contributed by atoms with E-state index in [4.69, 9.17) is 0 Å². The molecule has 1 aromatic heterocycles. The minimum Gasteiger partial charge on any atom is -0.361 e. The van der Waals surface area contributed by atoms with Gasteiger partial charge in [0.2, 0.25) is 11.8 Å². The van der Waals surface area contributed by atoms with E-state index in [0.29, 0.717) is 17.7 Å². The number of rotatable bonds is 6. The molecule has 31 heavy (non-hydrogen) atoms. The molecule has 7 heteroatoms. The molecular formula is C24H26N4O3. The monoisotopic (exact) mass is 418 g/mol. The summed E-state index contributed by atoms with van der Waals surface area (Å²) in [6, 6.07) is 14.0. The standard InChI is InChI=1S/C24H26N4O3/c1-16(29)26-22(14-18-15-25-21-10-3-2-9-20(18)21)23(30)27-19-8-6-7-17(13-19)24(31)28-11-4-5-12-28/h2-3,6-10,13,15,22,25H,4-5,11-12,14H2,1H3,(H,26,29)(H,27,30). The molecule has 0 saturated carbocycles. The Bertz CT molecular complexity index is 1110. The number of carbonyl (C=O) groups excluding carboxylic acids is 3. The number of nitrogens with zero attached hydrogens (tertiary/aromatic N) is 1. The molecule has 0 radical (unpaired) electrons. The number of aromatic nitrogens is 1. The highest BCUT2D eigenvalue weighted by molar-refractivity contribution is 6.00. The van der Waals surface area contributed by atoms with Crippen LogP contribution >= 0.6 is 0 Å². The van der Waals surface area contributed by atoms with Gasteiger partial charge in [-0.2, -0.15) is 0 Å². The Balaban J connectivity index is 1.50. The molecule has 3 amide bonds. The zero-order chi connectivity index (χ0) is 21.8. The molecule has 2 aromatic carbocycles. The Hall–Kier alpha value is -3.61. The van der Waals surface area contributed by atoms with E-state index in [0.717, 1.165) is 42.4 Å². The highest BCUT2D eigenvalue weighted by Crippen LogP contribution is 2.20. The average Bonchev–Trinajstić information content (AvgIpc) is 3.43. The largest absolute Gasteiger partial charge is 0.361 e. The Morgan fingerprint density at radius 3 is 2.61 bits per heavy atom. The third-order valence-electron chi connectivity index (χ3n) is 5.56. The van der Waals surface area contributed by atoms with E-state index in [1.165, 1.54) is 6.92 Å². The Kier molecular flexibility index (Phi) is 6.02. The number of carbonyl (C=O) groups is 3. The van der Waals surface area contributed by atoms with Crippen molar-refractivity contribution in [2.75, 3.05) is 18.4 Å². The first-order chi connectivity index (χ1) is 15.0. The Labute approximate surface area is 180 Å². The molecular weight excluding hydrogens is 392 g/mol. The molecule has 0 bridgehead atoms. The van der Waals surface area contributed by atoms with E-state index in [1.807, 2.05) is 35.4 Å². The van der Waals surface area contributed by atoms with Crippen LogP contribution < -0.4 is 10.6 Å². The van der Waals surface area contributed by atoms with Crippen molar-refractivity contribution < 1.29 is 14.4 Å². The molecule has 1 aliphatic rings. The summed E-state index contributed by atoms with van der Waals surface area (Å²) in [6.45, 7) is 2.93. The second kappa shape index (κ2) is 9.04. The van der Waals surface area contributed by atoms with E-state index in [1.54, 1.807) is 24.3 Å². The number of hydrogen-bond donors (Lipinski definition) is 3. The summed E-state index contributed by atoms with van der Waals surface area (Å²) < 4.78 is 0. The van der Waals surface area contributed by atoms with Crippen LogP contribution in [0.15, 0.2) is 54.7 Å². The number of benzene rings is 2. The smallest absolute Gasteiger partial charge is 0.253 e. The van der Waals surface area contributed by atoms with Crippen LogP contribution in [0.3, 0.4) is 0 Å². The number of fused-ring (bicyclic) bond motifs is 1. The van der Waals surface area contributed by atoms with Gasteiger partial charge in [-0.05, 0) is 42.7 Å². The summed E-state index contributed by atoms with van der Waals surface area (Å²) in [5, 5.41) is 6.62. The minimum atomic E-state index is -0.741. The number of H-pyrrole nitrogens is 1. The highest BCUT2D eigenvalue weighted by atomic mass is 16.2. The van der Waals surface area contributed by atoms with Crippen molar-refractivity contribution in [3.8, 4) is 0 Å². The van der Waals surface area contributed by atoms with Gasteiger partial charge in [0.1, 0.15) is 6.04 Å². The van der Waals surface area contributed by atoms with E-state index in [2.05, 4.69) is 15.6 Å². The summed E-state index contributed by atoms with van der Waals surface area (Å²) in [5.41, 5.74) is 3.01. The first-order valence-electron chi connectivity index (χ1n) is 10.5. The van der Waals surface area contributed by atoms with Crippen molar-refractivity contribution in [1.29, 1.82) is 0 Å². The number of para-hydroxylation sites is 1. The number of amides is 3. The van der Waals surface area contributed by atoms with Gasteiger partial charge in [-0.15, -0.1) is 0 Å². The van der Waals surface area contributed by atoms with E-state index in [-0.39, 0.29) is 17.7 Å². The third kappa shape index (κ3) is 4.77. The van der Waals surface area contributed by atoms with Crippen molar-refractivity contribution in [3.63, 3.8) is 0 Å². The zero-order valence-electron chi connectivity index (χ0n) is 17.5. The Morgan fingerprint density at radius 1 is 1.06 bits per heavy atom. The van der Waals surface area contributed by atoms with E-state index >= 15 is 0 Å². The molecule has 3 aromatic rings. The number of nitrogens with one attached hydrogen (secondary N) is 3. The van der Waals surface area contributed by atoms with Crippen molar-refractivity contribution in [1.82, 2.24) is 15.2 Å². The van der Waals surface area contributed by atoms with Gasteiger partial charge in [-0.25, -0.2) is 0 Å². The van der Waals surface area contributed by atoms with Gasteiger partial charge in [-0.1, -0.05) is 24.3 Å². The molecule has 0 spiro atoms. The fraction of sp³-hybridized carbons (Fsp3) is 0.292. The molecule has 1 aliphatic heterocycles. The normalized spacial score (nSPS) is 14.4. The molecule has 1 atom stereocenters. The topological polar surface area (TPSA) is 94.3 Å². The number of anilines is 1. The molecule has 2 heterocycles. The van der Waals surface area contributed by atoms with Crippen LogP contribution in [-0.4, -0.2) is 46.7 Å². The maximum atomic E-state index is 13.0. The molecule has 7 nitrogen and oxygen atoms in total. The van der Waals surface area contributed by atoms with Crippen LogP contribution in [0.4, 0.5) is 5.69 Å². The van der Waals surface area contributed by atoms with Crippen LogP contribution in [0.25, 0.3) is 10.9 Å². The highest BCUT2D eigenvalue weighted by Gasteiger charge is 2.23. The van der Waals surface area contributed by atoms with Gasteiger partial charge < -0.3 is 20.5 Å². The van der Waals surface area contributed by atoms with Crippen LogP contribution in [0.1, 0.15) is 35.7 Å². The van der Waals surface area contributed by atoms with Gasteiger partial charge in [-0.3, -0.25) is 14.4 Å². The van der Waals surface area contributed by atoms with Crippen molar-refractivity contribution in [3.05, 3.63) is 65.9 Å². The first kappa shape index (κ1) is 20.7. The Morgan fingerprint density at radius 2 is 1.84 bits per heavy atom. The molecule has 0 aliphatic carbocycles. The molecule has 4 rings (SSSR count). The molecule has 160 valence electrons. The van der Waals surface area contributed by atoms with Crippen LogP contribution in [0.5, 0.6) is 0 Å². The first-order valence-corrected chi connectivity index (χ1v) is 10.5. The van der Waals surface area contributed by atoms with Crippen LogP contribution in [0.2, 0.25) is 0 Å². The quantitative estimate of drug-likeness (QED) is 0.574. The fourth-order valence-electron chi connectivity index (χ4n) is 4.04. The van der Waals surface area contributed by atoms with Crippen molar-refractivity contribution in [2.45, 2.75) is 32.2 Å². The fourth-order valence-corrected chi connectivity index (χ4v) is 4.04. The van der Waals surface area contributed by atoms with Gasteiger partial charge in [0.15, 0.2) is 0 Å². The van der Waals surface area contributed by atoms with Gasteiger partial charge in [0, 0.05) is 54.8 Å². The number of aromatic amines is 1. The summed E-state index contributed by atoms with van der Waals surface area (Å²) in [4.78, 5) is 42.4. The summed E-state index contributed by atoms with van der Waals surface area (Å²) in [7, 11) is 0. The van der Waals surface area contributed by atoms with Gasteiger partial charge in [0.25, 0.3) is 5.91 Å². The van der Waals surface area contributed by atoms with Crippen molar-refractivity contribution >= 4 is 34.3 Å². The lowest BCUT2D eigenvalue weighted by molar-refractivity contribution is -0.125. The van der Waals surface area contributed by atoms with Crippen LogP contribution in [-0.2, 0) is 16.0 Å². The molecule has 3 N–H and O–H groups in total. The summed E-state index contributed by atoms with van der Waals surface area (Å²) in [6.07, 6.45) is 4.26. The van der Waals surface area contributed by atoms with Gasteiger partial charge in [0.05, 0.1) is 0 Å². The average molecular weight is 418 g/mol. The zero-order valence-corrected chi connectivity index (χ0v) is 17.5. The SMILES string of the molecule is CC(=O)NC(Cc1c[nH]c2ccccc12)C(=O)Nc1cccc(C(=O)N2CCCC2)c1. The molecule has 1 unspecified atom stereocenters. The lowest BCUT2D eigenvalue weighted by Crippen LogP contribution is -2.44. The third-order valence-corrected chi connectivity index (χ3v) is 5.56. The second-order valence-corrected chi connectivity index (χ2v) is 7.89. The molecule has 1 saturated heterocycles. The van der Waals surface area contributed by atoms with E-state index in [9.17, 15) is 14.4 Å². The predicted molar refractivity (Wildman–Crippen MR) is 120 cm³/mol. The van der Waals surface area contributed by atoms with Crippen LogP contribution in [0, 0.1) is 0 Å². The second-order valence-electron chi connectivity index (χ2n) is 7.89. The van der Waals surface area contributed by atoms with Crippen molar-refractivity contribution in [2.24, 2.45) is 0 Å². The summed E-state index contributed by atoms with van der Waals surface area (Å²) in [5.74, 6) is -0.630. The maximum Gasteiger partial charge on any atom is 0.253 e. The predicted octanol–water partition coefficient (Wildman–Crippen LogP) is 3.09. The maximum absolute atomic E-state index is 13.0. The minimum absolute atomic E-state index is 0.0224. The summed E-state index contributed by atoms with van der Waals surface area (Å²) >= 11 is 0. The van der Waals surface area contributed by atoms with Gasteiger partial charge >= 0.3 is 0 Å². The lowest BCUT2D eigenvalue weighted by atomic mass is 10.0. The van der Waals surface area contributed by atoms with E-state index < -0.39 is 6.04 Å². The number of hydrogen-bond acceptors (Lipinski definition) is 3. The molecule has 1 fully saturated rings. The number of likely N-dealkylation sites (tertiary alicyclic amines) is 1.